The van der Waals surface area contributed by atoms with Crippen molar-refractivity contribution in [1.29, 1.82) is 0 Å². The summed E-state index contributed by atoms with van der Waals surface area (Å²) in [6.45, 7) is 5.12. The number of anilines is 1. The van der Waals surface area contributed by atoms with Gasteiger partial charge < -0.3 is 13.9 Å². The lowest BCUT2D eigenvalue weighted by Gasteiger charge is -2.29. The average Bonchev–Trinajstić information content (AvgIpc) is 3.33. The van der Waals surface area contributed by atoms with E-state index < -0.39 is 0 Å². The van der Waals surface area contributed by atoms with E-state index in [-0.39, 0.29) is 5.91 Å². The van der Waals surface area contributed by atoms with Crippen molar-refractivity contribution in [1.82, 2.24) is 9.55 Å². The number of aryl methyl sites for hydroxylation is 2. The van der Waals surface area contributed by atoms with Crippen LogP contribution < -0.4 is 4.90 Å². The van der Waals surface area contributed by atoms with E-state index in [9.17, 15) is 4.79 Å². The predicted octanol–water partition coefficient (Wildman–Crippen LogP) is 5.02. The molecule has 1 aromatic carbocycles. The highest BCUT2D eigenvalue weighted by atomic mass is 32.2. The van der Waals surface area contributed by atoms with Gasteiger partial charge in [-0.2, -0.15) is 0 Å². The van der Waals surface area contributed by atoms with Crippen LogP contribution in [0.5, 0.6) is 0 Å². The first-order chi connectivity index (χ1) is 13.5. The van der Waals surface area contributed by atoms with Gasteiger partial charge in [-0.15, -0.1) is 0 Å². The highest BCUT2D eigenvalue weighted by molar-refractivity contribution is 7.98. The van der Waals surface area contributed by atoms with Gasteiger partial charge in [0, 0.05) is 31.7 Å². The molecule has 5 nitrogen and oxygen atoms in total. The maximum absolute atomic E-state index is 13.1. The van der Waals surface area contributed by atoms with E-state index >= 15 is 0 Å². The average molecular weight is 396 g/mol. The molecule has 0 saturated carbocycles. The molecule has 1 aliphatic rings. The number of imidazole rings is 1. The number of aromatic nitrogens is 2. The number of rotatable bonds is 5. The number of amides is 1. The van der Waals surface area contributed by atoms with E-state index in [4.69, 9.17) is 4.42 Å². The summed E-state index contributed by atoms with van der Waals surface area (Å²) in [4.78, 5) is 19.2. The predicted molar refractivity (Wildman–Crippen MR) is 112 cm³/mol. The van der Waals surface area contributed by atoms with Crippen molar-refractivity contribution >= 4 is 23.4 Å². The molecule has 1 aliphatic heterocycles. The third-order valence-corrected chi connectivity index (χ3v) is 6.21. The summed E-state index contributed by atoms with van der Waals surface area (Å²) >= 11 is 1.59. The SMILES string of the molecule is CC(C)c1ccc2c(c1)CCCN2C(=O)c1ccc(CSc2nccn2C)o1. The van der Waals surface area contributed by atoms with E-state index in [1.54, 1.807) is 24.0 Å². The molecule has 0 bridgehead atoms. The highest BCUT2D eigenvalue weighted by Crippen LogP contribution is 2.32. The molecular weight excluding hydrogens is 370 g/mol. The van der Waals surface area contributed by atoms with Gasteiger partial charge in [-0.25, -0.2) is 4.98 Å². The van der Waals surface area contributed by atoms with Gasteiger partial charge in [0.25, 0.3) is 5.91 Å². The topological polar surface area (TPSA) is 51.3 Å². The fourth-order valence-corrected chi connectivity index (χ4v) is 4.34. The Morgan fingerprint density at radius 2 is 2.14 bits per heavy atom. The fraction of sp³-hybridized carbons (Fsp3) is 0.364. The van der Waals surface area contributed by atoms with Gasteiger partial charge in [0.1, 0.15) is 5.76 Å². The van der Waals surface area contributed by atoms with Gasteiger partial charge >= 0.3 is 0 Å². The molecule has 4 rings (SSSR count). The monoisotopic (exact) mass is 395 g/mol. The number of hydrogen-bond acceptors (Lipinski definition) is 4. The minimum atomic E-state index is -0.0634. The Bertz CT molecular complexity index is 989. The van der Waals surface area contributed by atoms with Crippen molar-refractivity contribution in [3.63, 3.8) is 0 Å². The van der Waals surface area contributed by atoms with E-state index in [0.717, 1.165) is 36.0 Å². The number of benzene rings is 1. The number of thioether (sulfide) groups is 1. The van der Waals surface area contributed by atoms with Gasteiger partial charge in [0.05, 0.1) is 5.75 Å². The number of carbonyl (C=O) groups is 1. The number of furan rings is 1. The Morgan fingerprint density at radius 1 is 1.29 bits per heavy atom. The summed E-state index contributed by atoms with van der Waals surface area (Å²) < 4.78 is 7.83. The molecule has 0 unspecified atom stereocenters. The molecule has 146 valence electrons. The Hall–Kier alpha value is -2.47. The van der Waals surface area contributed by atoms with Crippen molar-refractivity contribution in [2.75, 3.05) is 11.4 Å². The third-order valence-electron chi connectivity index (χ3n) is 5.13. The second-order valence-electron chi connectivity index (χ2n) is 7.48. The summed E-state index contributed by atoms with van der Waals surface area (Å²) in [6.07, 6.45) is 5.68. The van der Waals surface area contributed by atoms with E-state index in [1.807, 2.05) is 28.8 Å². The number of hydrogen-bond donors (Lipinski definition) is 0. The van der Waals surface area contributed by atoms with Crippen LogP contribution in [0.3, 0.4) is 0 Å². The van der Waals surface area contributed by atoms with Crippen LogP contribution in [-0.4, -0.2) is 22.0 Å². The van der Waals surface area contributed by atoms with Crippen LogP contribution in [0.2, 0.25) is 0 Å². The molecule has 2 aromatic heterocycles. The molecule has 0 saturated heterocycles. The van der Waals surface area contributed by atoms with Gasteiger partial charge in [-0.05, 0) is 48.1 Å². The van der Waals surface area contributed by atoms with Crippen molar-refractivity contribution in [2.24, 2.45) is 7.05 Å². The Morgan fingerprint density at radius 3 is 2.89 bits per heavy atom. The van der Waals surface area contributed by atoms with Crippen LogP contribution in [-0.2, 0) is 19.2 Å². The molecule has 0 radical (unpaired) electrons. The third kappa shape index (κ3) is 3.74. The maximum atomic E-state index is 13.1. The second kappa shape index (κ2) is 7.87. The first-order valence-corrected chi connectivity index (χ1v) is 10.6. The van der Waals surface area contributed by atoms with Gasteiger partial charge in [-0.3, -0.25) is 4.79 Å². The highest BCUT2D eigenvalue weighted by Gasteiger charge is 2.26. The molecule has 0 fully saturated rings. The molecule has 3 aromatic rings. The number of fused-ring (bicyclic) bond motifs is 1. The second-order valence-corrected chi connectivity index (χ2v) is 8.42. The van der Waals surface area contributed by atoms with Gasteiger partial charge in [0.15, 0.2) is 10.9 Å². The summed E-state index contributed by atoms with van der Waals surface area (Å²) in [6, 6.07) is 10.1. The summed E-state index contributed by atoms with van der Waals surface area (Å²) in [5, 5.41) is 0.926. The van der Waals surface area contributed by atoms with Crippen molar-refractivity contribution in [3.8, 4) is 0 Å². The zero-order valence-electron chi connectivity index (χ0n) is 16.5. The van der Waals surface area contributed by atoms with Crippen LogP contribution in [0.25, 0.3) is 0 Å². The number of nitrogens with zero attached hydrogens (tertiary/aromatic N) is 3. The smallest absolute Gasteiger partial charge is 0.293 e. The van der Waals surface area contributed by atoms with Gasteiger partial charge in [0.2, 0.25) is 0 Å². The zero-order chi connectivity index (χ0) is 19.7. The molecule has 0 aliphatic carbocycles. The first kappa shape index (κ1) is 18.9. The van der Waals surface area contributed by atoms with Crippen LogP contribution in [0, 0.1) is 0 Å². The van der Waals surface area contributed by atoms with Crippen LogP contribution in [0.15, 0.2) is 52.3 Å². The summed E-state index contributed by atoms with van der Waals surface area (Å²) in [7, 11) is 1.96. The summed E-state index contributed by atoms with van der Waals surface area (Å²) in [5.41, 5.74) is 3.59. The lowest BCUT2D eigenvalue weighted by Crippen LogP contribution is -2.35. The molecule has 6 heteroatoms. The Balaban J connectivity index is 1.50. The van der Waals surface area contributed by atoms with Crippen molar-refractivity contribution in [3.05, 3.63) is 65.4 Å². The Kier molecular flexibility index (Phi) is 5.31. The lowest BCUT2D eigenvalue weighted by atomic mass is 9.94. The normalized spacial score (nSPS) is 13.8. The lowest BCUT2D eigenvalue weighted by molar-refractivity contribution is 0.0957. The minimum absolute atomic E-state index is 0.0634. The zero-order valence-corrected chi connectivity index (χ0v) is 17.3. The molecule has 28 heavy (non-hydrogen) atoms. The molecule has 1 amide bonds. The largest absolute Gasteiger partial charge is 0.455 e. The molecule has 0 N–H and O–H groups in total. The maximum Gasteiger partial charge on any atom is 0.293 e. The van der Waals surface area contributed by atoms with Crippen molar-refractivity contribution in [2.45, 2.75) is 43.5 Å². The molecule has 3 heterocycles. The fourth-order valence-electron chi connectivity index (χ4n) is 3.52. The summed E-state index contributed by atoms with van der Waals surface area (Å²) in [5.74, 6) is 2.25. The van der Waals surface area contributed by atoms with E-state index in [1.165, 1.54) is 11.1 Å². The standard InChI is InChI=1S/C22H25N3O2S/c1-15(2)16-6-8-19-17(13-16)5-4-11-25(19)21(26)20-9-7-18(27-20)14-28-22-23-10-12-24(22)3/h6-10,12-13,15H,4-5,11,14H2,1-3H3. The van der Waals surface area contributed by atoms with Crippen LogP contribution >= 0.6 is 11.8 Å². The van der Waals surface area contributed by atoms with E-state index in [0.29, 0.717) is 17.4 Å². The van der Waals surface area contributed by atoms with E-state index in [2.05, 4.69) is 37.0 Å². The molecule has 0 spiro atoms. The minimum Gasteiger partial charge on any atom is -0.455 e. The molecule has 0 atom stereocenters. The molecular formula is C22H25N3O2S. The Labute approximate surface area is 169 Å². The number of carbonyl (C=O) groups excluding carboxylic acids is 1. The van der Waals surface area contributed by atoms with Crippen LogP contribution in [0.1, 0.15) is 53.6 Å². The first-order valence-electron chi connectivity index (χ1n) is 9.66. The van der Waals surface area contributed by atoms with Gasteiger partial charge in [-0.1, -0.05) is 37.7 Å². The van der Waals surface area contributed by atoms with Crippen LogP contribution in [0.4, 0.5) is 5.69 Å². The quantitative estimate of drug-likeness (QED) is 0.569. The van der Waals surface area contributed by atoms with Crippen molar-refractivity contribution < 1.29 is 9.21 Å².